The lowest BCUT2D eigenvalue weighted by atomic mass is 10.2. The number of hydrogen-bond acceptors (Lipinski definition) is 4. The normalized spacial score (nSPS) is 18.8. The number of amides is 3. The van der Waals surface area contributed by atoms with E-state index in [0.717, 1.165) is 10.5 Å². The number of imide groups is 1. The van der Waals surface area contributed by atoms with Crippen LogP contribution in [0.25, 0.3) is 0 Å². The summed E-state index contributed by atoms with van der Waals surface area (Å²) < 4.78 is 12.7. The summed E-state index contributed by atoms with van der Waals surface area (Å²) in [5, 5.41) is 2.29. The van der Waals surface area contributed by atoms with E-state index < -0.39 is 5.91 Å². The number of rotatable bonds is 4. The van der Waals surface area contributed by atoms with Gasteiger partial charge in [0.1, 0.15) is 12.4 Å². The van der Waals surface area contributed by atoms with Crippen molar-refractivity contribution in [3.05, 3.63) is 35.6 Å². The van der Waals surface area contributed by atoms with Crippen molar-refractivity contribution in [3.63, 3.8) is 0 Å². The zero-order chi connectivity index (χ0) is 15.4. The minimum atomic E-state index is -0.417. The van der Waals surface area contributed by atoms with Crippen molar-refractivity contribution in [2.24, 2.45) is 0 Å². The average Bonchev–Trinajstić information content (AvgIpc) is 2.47. The largest absolute Gasteiger partial charge is 0.350 e. The third-order valence-corrected chi connectivity index (χ3v) is 4.19. The molecule has 112 valence electrons. The highest BCUT2D eigenvalue weighted by Gasteiger charge is 2.33. The van der Waals surface area contributed by atoms with E-state index in [-0.39, 0.29) is 41.7 Å². The van der Waals surface area contributed by atoms with Crippen molar-refractivity contribution in [1.29, 1.82) is 0 Å². The molecule has 1 aliphatic heterocycles. The first-order chi connectivity index (χ1) is 9.97. The second kappa shape index (κ2) is 6.71. The molecular formula is C14H15FN2O3S. The van der Waals surface area contributed by atoms with Crippen LogP contribution in [0, 0.1) is 5.82 Å². The summed E-state index contributed by atoms with van der Waals surface area (Å²) in [6.45, 7) is 1.66. The van der Waals surface area contributed by atoms with Gasteiger partial charge in [0.2, 0.25) is 17.7 Å². The molecule has 0 bridgehead atoms. The fraction of sp³-hybridized carbons (Fsp3) is 0.357. The number of halogens is 1. The molecule has 1 fully saturated rings. The predicted octanol–water partition coefficient (Wildman–Crippen LogP) is 0.932. The third kappa shape index (κ3) is 4.04. The quantitative estimate of drug-likeness (QED) is 0.840. The molecule has 3 amide bonds. The second-order valence-electron chi connectivity index (χ2n) is 4.67. The molecule has 21 heavy (non-hydrogen) atoms. The molecule has 0 saturated carbocycles. The van der Waals surface area contributed by atoms with Gasteiger partial charge < -0.3 is 5.32 Å². The molecule has 0 spiro atoms. The van der Waals surface area contributed by atoms with Gasteiger partial charge in [-0.3, -0.25) is 19.3 Å². The molecule has 1 N–H and O–H groups in total. The zero-order valence-electron chi connectivity index (χ0n) is 11.5. The van der Waals surface area contributed by atoms with Crippen molar-refractivity contribution in [1.82, 2.24) is 10.2 Å². The summed E-state index contributed by atoms with van der Waals surface area (Å²) in [6, 6.07) is 5.73. The van der Waals surface area contributed by atoms with Gasteiger partial charge in [-0.25, -0.2) is 4.39 Å². The highest BCUT2D eigenvalue weighted by molar-refractivity contribution is 8.01. The Labute approximate surface area is 125 Å². The average molecular weight is 310 g/mol. The summed E-state index contributed by atoms with van der Waals surface area (Å²) >= 11 is 1.27. The number of nitrogens with zero attached hydrogens (tertiary/aromatic N) is 1. The molecule has 1 saturated heterocycles. The molecule has 2 rings (SSSR count). The molecule has 1 aromatic carbocycles. The van der Waals surface area contributed by atoms with Gasteiger partial charge >= 0.3 is 0 Å². The van der Waals surface area contributed by atoms with Crippen LogP contribution in [0.1, 0.15) is 12.5 Å². The van der Waals surface area contributed by atoms with E-state index in [0.29, 0.717) is 0 Å². The maximum Gasteiger partial charge on any atom is 0.242 e. The Morgan fingerprint density at radius 1 is 1.38 bits per heavy atom. The van der Waals surface area contributed by atoms with Gasteiger partial charge in [-0.05, 0) is 24.6 Å². The van der Waals surface area contributed by atoms with Gasteiger partial charge in [-0.1, -0.05) is 12.1 Å². The molecule has 1 heterocycles. The van der Waals surface area contributed by atoms with E-state index >= 15 is 0 Å². The van der Waals surface area contributed by atoms with E-state index in [2.05, 4.69) is 5.32 Å². The van der Waals surface area contributed by atoms with Crippen LogP contribution >= 0.6 is 11.8 Å². The maximum absolute atomic E-state index is 12.7. The monoisotopic (exact) mass is 310 g/mol. The third-order valence-electron chi connectivity index (χ3n) is 3.08. The van der Waals surface area contributed by atoms with Crippen LogP contribution in [-0.2, 0) is 20.9 Å². The summed E-state index contributed by atoms with van der Waals surface area (Å²) in [4.78, 5) is 36.3. The number of nitrogens with one attached hydrogen (secondary N) is 1. The van der Waals surface area contributed by atoms with E-state index in [1.807, 2.05) is 0 Å². The molecule has 1 atom stereocenters. The van der Waals surface area contributed by atoms with Gasteiger partial charge in [0.25, 0.3) is 0 Å². The number of carbonyl (C=O) groups is 3. The Bertz CT molecular complexity index is 562. The number of benzene rings is 1. The molecule has 1 aromatic rings. The summed E-state index contributed by atoms with van der Waals surface area (Å²) in [5.41, 5.74) is 0.741. The van der Waals surface area contributed by atoms with Crippen LogP contribution in [-0.4, -0.2) is 40.2 Å². The summed E-state index contributed by atoms with van der Waals surface area (Å²) in [6.07, 6.45) is 0. The molecule has 7 heteroatoms. The minimum absolute atomic E-state index is 0.206. The van der Waals surface area contributed by atoms with Crippen molar-refractivity contribution in [2.75, 3.05) is 12.3 Å². The van der Waals surface area contributed by atoms with Gasteiger partial charge in [-0.15, -0.1) is 11.8 Å². The first-order valence-electron chi connectivity index (χ1n) is 6.44. The van der Waals surface area contributed by atoms with Crippen LogP contribution in [0.2, 0.25) is 0 Å². The first kappa shape index (κ1) is 15.5. The van der Waals surface area contributed by atoms with Gasteiger partial charge in [0.05, 0.1) is 11.0 Å². The van der Waals surface area contributed by atoms with E-state index in [1.54, 1.807) is 19.1 Å². The summed E-state index contributed by atoms with van der Waals surface area (Å²) in [5.74, 6) is -1.24. The molecular weight excluding hydrogens is 295 g/mol. The zero-order valence-corrected chi connectivity index (χ0v) is 12.3. The molecule has 0 radical (unpaired) electrons. The molecule has 0 aromatic heterocycles. The lowest BCUT2D eigenvalue weighted by Gasteiger charge is -2.27. The van der Waals surface area contributed by atoms with E-state index in [1.165, 1.54) is 23.9 Å². The van der Waals surface area contributed by atoms with E-state index in [4.69, 9.17) is 0 Å². The van der Waals surface area contributed by atoms with Crippen LogP contribution < -0.4 is 5.32 Å². The first-order valence-corrected chi connectivity index (χ1v) is 7.49. The maximum atomic E-state index is 12.7. The van der Waals surface area contributed by atoms with Crippen LogP contribution in [0.15, 0.2) is 24.3 Å². The minimum Gasteiger partial charge on any atom is -0.350 e. The van der Waals surface area contributed by atoms with Crippen LogP contribution in [0.4, 0.5) is 4.39 Å². The Morgan fingerprint density at radius 3 is 2.71 bits per heavy atom. The lowest BCUT2D eigenvalue weighted by Crippen LogP contribution is -2.50. The highest BCUT2D eigenvalue weighted by Crippen LogP contribution is 2.19. The Balaban J connectivity index is 1.87. The van der Waals surface area contributed by atoms with Crippen molar-refractivity contribution < 1.29 is 18.8 Å². The summed E-state index contributed by atoms with van der Waals surface area (Å²) in [7, 11) is 0. The smallest absolute Gasteiger partial charge is 0.242 e. The van der Waals surface area contributed by atoms with Crippen LogP contribution in [0.3, 0.4) is 0 Å². The fourth-order valence-corrected chi connectivity index (χ4v) is 2.67. The van der Waals surface area contributed by atoms with Gasteiger partial charge in [0, 0.05) is 6.54 Å². The predicted molar refractivity (Wildman–Crippen MR) is 76.9 cm³/mol. The van der Waals surface area contributed by atoms with Gasteiger partial charge in [0.15, 0.2) is 0 Å². The van der Waals surface area contributed by atoms with Crippen molar-refractivity contribution >= 4 is 29.5 Å². The topological polar surface area (TPSA) is 66.5 Å². The molecule has 1 aliphatic rings. The number of thioether (sulfide) groups is 1. The highest BCUT2D eigenvalue weighted by atomic mass is 32.2. The molecule has 5 nitrogen and oxygen atoms in total. The van der Waals surface area contributed by atoms with Gasteiger partial charge in [-0.2, -0.15) is 0 Å². The Morgan fingerprint density at radius 2 is 2.05 bits per heavy atom. The molecule has 0 aliphatic carbocycles. The standard InChI is InChI=1S/C14H15FN2O3S/c1-9-14(20)17(13(19)8-21-9)7-12(18)16-6-10-2-4-11(15)5-3-10/h2-5,9H,6-8H2,1H3,(H,16,18)/t9-/m1/s1. The second-order valence-corrected chi connectivity index (χ2v) is 6.00. The number of hydrogen-bond donors (Lipinski definition) is 1. The van der Waals surface area contributed by atoms with Crippen LogP contribution in [0.5, 0.6) is 0 Å². The number of carbonyl (C=O) groups excluding carboxylic acids is 3. The van der Waals surface area contributed by atoms with Crippen molar-refractivity contribution in [2.45, 2.75) is 18.7 Å². The Kier molecular flexibility index (Phi) is 4.95. The lowest BCUT2D eigenvalue weighted by molar-refractivity contribution is -0.146. The Hall–Kier alpha value is -1.89. The molecule has 0 unspecified atom stereocenters. The SMILES string of the molecule is C[C@H]1SCC(=O)N(CC(=O)NCc2ccc(F)cc2)C1=O. The van der Waals surface area contributed by atoms with Crippen molar-refractivity contribution in [3.8, 4) is 0 Å². The van der Waals surface area contributed by atoms with E-state index in [9.17, 15) is 18.8 Å². The fourth-order valence-electron chi connectivity index (χ4n) is 1.86.